The van der Waals surface area contributed by atoms with E-state index in [1.165, 1.54) is 0 Å². The SMILES string of the molecule is CC(C)(Cc1cccc(CC(=O)O)c1)NC(=O)CCl. The third-order valence-electron chi connectivity index (χ3n) is 2.59. The molecular formula is C14H18ClNO3. The van der Waals surface area contributed by atoms with Crippen molar-refractivity contribution in [2.45, 2.75) is 32.2 Å². The van der Waals surface area contributed by atoms with Gasteiger partial charge < -0.3 is 10.4 Å². The van der Waals surface area contributed by atoms with E-state index >= 15 is 0 Å². The molecule has 0 bridgehead atoms. The average Bonchev–Trinajstić information content (AvgIpc) is 2.26. The molecule has 0 spiro atoms. The number of hydrogen-bond donors (Lipinski definition) is 2. The van der Waals surface area contributed by atoms with E-state index in [0.717, 1.165) is 11.1 Å². The van der Waals surface area contributed by atoms with Gasteiger partial charge in [-0.3, -0.25) is 9.59 Å². The second-order valence-corrected chi connectivity index (χ2v) is 5.40. The lowest BCUT2D eigenvalue weighted by atomic mass is 9.93. The number of rotatable bonds is 6. The zero-order valence-electron chi connectivity index (χ0n) is 11.1. The van der Waals surface area contributed by atoms with E-state index in [9.17, 15) is 9.59 Å². The number of carbonyl (C=O) groups is 2. The molecule has 0 saturated carbocycles. The third-order valence-corrected chi connectivity index (χ3v) is 2.83. The topological polar surface area (TPSA) is 66.4 Å². The number of nitrogens with one attached hydrogen (secondary N) is 1. The van der Waals surface area contributed by atoms with Gasteiger partial charge in [-0.2, -0.15) is 0 Å². The van der Waals surface area contributed by atoms with Gasteiger partial charge in [0.2, 0.25) is 5.91 Å². The monoisotopic (exact) mass is 283 g/mol. The Balaban J connectivity index is 2.75. The van der Waals surface area contributed by atoms with E-state index in [-0.39, 0.29) is 18.2 Å². The Kier molecular flexibility index (Phi) is 5.36. The van der Waals surface area contributed by atoms with Crippen LogP contribution in [0.2, 0.25) is 0 Å². The Morgan fingerprint density at radius 2 is 1.95 bits per heavy atom. The van der Waals surface area contributed by atoms with Crippen LogP contribution in [0.1, 0.15) is 25.0 Å². The predicted molar refractivity (Wildman–Crippen MR) is 74.4 cm³/mol. The van der Waals surface area contributed by atoms with Crippen molar-refractivity contribution in [1.82, 2.24) is 5.32 Å². The number of carboxylic acid groups (broad SMARTS) is 1. The molecule has 1 amide bonds. The van der Waals surface area contributed by atoms with Crippen LogP contribution in [0.3, 0.4) is 0 Å². The summed E-state index contributed by atoms with van der Waals surface area (Å²) in [5.74, 6) is -1.14. The fourth-order valence-electron chi connectivity index (χ4n) is 1.99. The minimum atomic E-state index is -0.855. The van der Waals surface area contributed by atoms with Gasteiger partial charge in [-0.15, -0.1) is 11.6 Å². The number of aliphatic carboxylic acids is 1. The lowest BCUT2D eigenvalue weighted by Gasteiger charge is -2.26. The molecule has 5 heteroatoms. The molecule has 0 radical (unpaired) electrons. The number of hydrogen-bond acceptors (Lipinski definition) is 2. The van der Waals surface area contributed by atoms with Crippen LogP contribution in [0.15, 0.2) is 24.3 Å². The highest BCUT2D eigenvalue weighted by Crippen LogP contribution is 2.15. The maximum absolute atomic E-state index is 11.3. The Hall–Kier alpha value is -1.55. The number of halogens is 1. The number of alkyl halides is 1. The van der Waals surface area contributed by atoms with E-state index < -0.39 is 11.5 Å². The van der Waals surface area contributed by atoms with Gasteiger partial charge in [0.15, 0.2) is 0 Å². The van der Waals surface area contributed by atoms with Crippen LogP contribution in [0.5, 0.6) is 0 Å². The third kappa shape index (κ3) is 5.75. The zero-order chi connectivity index (χ0) is 14.5. The van der Waals surface area contributed by atoms with E-state index in [4.69, 9.17) is 16.7 Å². The summed E-state index contributed by atoms with van der Waals surface area (Å²) in [7, 11) is 0. The number of benzene rings is 1. The smallest absolute Gasteiger partial charge is 0.307 e. The quantitative estimate of drug-likeness (QED) is 0.785. The van der Waals surface area contributed by atoms with Crippen molar-refractivity contribution >= 4 is 23.5 Å². The summed E-state index contributed by atoms with van der Waals surface area (Å²) in [6.45, 7) is 3.81. The largest absolute Gasteiger partial charge is 0.481 e. The first-order valence-corrected chi connectivity index (χ1v) is 6.52. The highest BCUT2D eigenvalue weighted by Gasteiger charge is 2.20. The number of carbonyl (C=O) groups excluding carboxylic acids is 1. The van der Waals surface area contributed by atoms with Gasteiger partial charge in [-0.1, -0.05) is 24.3 Å². The highest BCUT2D eigenvalue weighted by atomic mass is 35.5. The van der Waals surface area contributed by atoms with Gasteiger partial charge in [0.25, 0.3) is 0 Å². The fourth-order valence-corrected chi connectivity index (χ4v) is 2.06. The van der Waals surface area contributed by atoms with Gasteiger partial charge in [-0.25, -0.2) is 0 Å². The number of amides is 1. The summed E-state index contributed by atoms with van der Waals surface area (Å²) in [5, 5.41) is 11.6. The second-order valence-electron chi connectivity index (χ2n) is 5.13. The molecule has 0 aliphatic heterocycles. The van der Waals surface area contributed by atoms with Crippen LogP contribution in [0.25, 0.3) is 0 Å². The summed E-state index contributed by atoms with van der Waals surface area (Å²) in [6.07, 6.45) is 0.616. The van der Waals surface area contributed by atoms with Crippen LogP contribution in [-0.4, -0.2) is 28.4 Å². The van der Waals surface area contributed by atoms with Crippen molar-refractivity contribution in [1.29, 1.82) is 0 Å². The molecule has 1 aromatic rings. The molecule has 0 aliphatic carbocycles. The van der Waals surface area contributed by atoms with E-state index in [1.54, 1.807) is 6.07 Å². The molecule has 4 nitrogen and oxygen atoms in total. The first kappa shape index (κ1) is 15.5. The van der Waals surface area contributed by atoms with Crippen molar-refractivity contribution in [3.63, 3.8) is 0 Å². The summed E-state index contributed by atoms with van der Waals surface area (Å²) in [5.41, 5.74) is 1.32. The van der Waals surface area contributed by atoms with E-state index in [2.05, 4.69) is 5.32 Å². The molecule has 0 fully saturated rings. The van der Waals surface area contributed by atoms with Crippen LogP contribution < -0.4 is 5.32 Å². The normalized spacial score (nSPS) is 11.1. The summed E-state index contributed by atoms with van der Waals surface area (Å²) < 4.78 is 0. The maximum Gasteiger partial charge on any atom is 0.307 e. The molecule has 19 heavy (non-hydrogen) atoms. The second kappa shape index (κ2) is 6.57. The lowest BCUT2D eigenvalue weighted by molar-refractivity contribution is -0.136. The predicted octanol–water partition coefficient (Wildman–Crippen LogP) is 1.99. The molecule has 0 atom stereocenters. The van der Waals surface area contributed by atoms with Gasteiger partial charge >= 0.3 is 5.97 Å². The van der Waals surface area contributed by atoms with Crippen molar-refractivity contribution < 1.29 is 14.7 Å². The molecule has 104 valence electrons. The minimum Gasteiger partial charge on any atom is -0.481 e. The Morgan fingerprint density at radius 1 is 1.32 bits per heavy atom. The minimum absolute atomic E-state index is 0.00229. The molecule has 0 heterocycles. The van der Waals surface area contributed by atoms with Gasteiger partial charge in [0.1, 0.15) is 5.88 Å². The molecule has 1 rings (SSSR count). The molecule has 2 N–H and O–H groups in total. The molecule has 1 aromatic carbocycles. The Morgan fingerprint density at radius 3 is 2.53 bits per heavy atom. The molecule has 0 aromatic heterocycles. The molecule has 0 unspecified atom stereocenters. The van der Waals surface area contributed by atoms with Crippen molar-refractivity contribution in [3.05, 3.63) is 35.4 Å². The summed E-state index contributed by atoms with van der Waals surface area (Å²) >= 11 is 5.47. The van der Waals surface area contributed by atoms with Crippen LogP contribution in [-0.2, 0) is 22.4 Å². The Bertz CT molecular complexity index is 472. The van der Waals surface area contributed by atoms with Crippen molar-refractivity contribution in [2.75, 3.05) is 5.88 Å². The maximum atomic E-state index is 11.3. The summed E-state index contributed by atoms with van der Waals surface area (Å²) in [4.78, 5) is 22.0. The highest BCUT2D eigenvalue weighted by molar-refractivity contribution is 6.27. The van der Waals surface area contributed by atoms with Crippen LogP contribution in [0, 0.1) is 0 Å². The summed E-state index contributed by atoms with van der Waals surface area (Å²) in [6, 6.07) is 7.37. The first-order valence-electron chi connectivity index (χ1n) is 5.99. The van der Waals surface area contributed by atoms with Crippen LogP contribution in [0.4, 0.5) is 0 Å². The van der Waals surface area contributed by atoms with Crippen molar-refractivity contribution in [2.24, 2.45) is 0 Å². The zero-order valence-corrected chi connectivity index (χ0v) is 11.8. The van der Waals surface area contributed by atoms with Gasteiger partial charge in [-0.05, 0) is 31.4 Å². The molecule has 0 saturated heterocycles. The molecular weight excluding hydrogens is 266 g/mol. The average molecular weight is 284 g/mol. The van der Waals surface area contributed by atoms with Crippen molar-refractivity contribution in [3.8, 4) is 0 Å². The Labute approximate surface area is 117 Å². The number of carboxylic acids is 1. The fraction of sp³-hybridized carbons (Fsp3) is 0.429. The van der Waals surface area contributed by atoms with Gasteiger partial charge in [0, 0.05) is 5.54 Å². The lowest BCUT2D eigenvalue weighted by Crippen LogP contribution is -2.45. The van der Waals surface area contributed by atoms with E-state index in [0.29, 0.717) is 6.42 Å². The standard InChI is InChI=1S/C14H18ClNO3/c1-14(2,16-12(17)9-15)8-11-5-3-4-10(6-11)7-13(18)19/h3-6H,7-9H2,1-2H3,(H,16,17)(H,18,19). The van der Waals surface area contributed by atoms with E-state index in [1.807, 2.05) is 32.0 Å². The van der Waals surface area contributed by atoms with Crippen LogP contribution >= 0.6 is 11.6 Å². The van der Waals surface area contributed by atoms with Gasteiger partial charge in [0.05, 0.1) is 6.42 Å². The first-order chi connectivity index (χ1) is 8.82. The molecule has 0 aliphatic rings.